The third kappa shape index (κ3) is 5.38. The lowest BCUT2D eigenvalue weighted by Gasteiger charge is -2.21. The van der Waals surface area contributed by atoms with Gasteiger partial charge in [-0.3, -0.25) is 10.1 Å². The summed E-state index contributed by atoms with van der Waals surface area (Å²) < 4.78 is 38.0. The Hall–Kier alpha value is -1.56. The summed E-state index contributed by atoms with van der Waals surface area (Å²) in [7, 11) is 0. The summed E-state index contributed by atoms with van der Waals surface area (Å²) in [5.41, 5.74) is -0.193. The summed E-state index contributed by atoms with van der Waals surface area (Å²) in [6.45, 7) is 7.11. The van der Waals surface area contributed by atoms with Crippen LogP contribution in [0.15, 0.2) is 24.3 Å². The van der Waals surface area contributed by atoms with Gasteiger partial charge in [-0.25, -0.2) is 0 Å². The summed E-state index contributed by atoms with van der Waals surface area (Å²) in [5, 5.41) is 5.75. The predicted octanol–water partition coefficient (Wildman–Crippen LogP) is 3.27. The van der Waals surface area contributed by atoms with E-state index in [4.69, 9.17) is 0 Å². The summed E-state index contributed by atoms with van der Waals surface area (Å²) in [6, 6.07) is 4.29. The van der Waals surface area contributed by atoms with Crippen molar-refractivity contribution in [2.24, 2.45) is 0 Å². The molecule has 0 saturated heterocycles. The number of carbonyl (C=O) groups excluding carboxylic acids is 1. The second kappa shape index (κ2) is 6.93. The highest BCUT2D eigenvalue weighted by Gasteiger charge is 2.30. The number of hydrogen-bond acceptors (Lipinski definition) is 2. The van der Waals surface area contributed by atoms with Crippen LogP contribution in [0.2, 0.25) is 0 Å². The van der Waals surface area contributed by atoms with Crippen LogP contribution in [0.3, 0.4) is 0 Å². The van der Waals surface area contributed by atoms with Crippen molar-refractivity contribution < 1.29 is 18.0 Å². The Kier molecular flexibility index (Phi) is 5.78. The Balaban J connectivity index is 2.76. The molecule has 1 amide bonds. The maximum Gasteiger partial charge on any atom is 0.416 e. The second-order valence-corrected chi connectivity index (χ2v) is 5.40. The van der Waals surface area contributed by atoms with Crippen LogP contribution in [-0.2, 0) is 11.0 Å². The van der Waals surface area contributed by atoms with E-state index in [0.717, 1.165) is 12.1 Å². The van der Waals surface area contributed by atoms with Crippen molar-refractivity contribution in [3.8, 4) is 0 Å². The van der Waals surface area contributed by atoms with Gasteiger partial charge in [0.05, 0.1) is 11.6 Å². The van der Waals surface area contributed by atoms with Gasteiger partial charge < -0.3 is 5.32 Å². The van der Waals surface area contributed by atoms with Crippen LogP contribution in [-0.4, -0.2) is 18.0 Å². The van der Waals surface area contributed by atoms with Crippen molar-refractivity contribution in [2.75, 3.05) is 0 Å². The SMILES string of the molecule is CC(C)NC(=O)C(C)NC(C)c1cccc(C(F)(F)F)c1. The summed E-state index contributed by atoms with van der Waals surface area (Å²) in [6.07, 6.45) is -4.36. The van der Waals surface area contributed by atoms with Crippen LogP contribution in [0.25, 0.3) is 0 Å². The van der Waals surface area contributed by atoms with E-state index in [0.29, 0.717) is 5.56 Å². The number of nitrogens with one attached hydrogen (secondary N) is 2. The van der Waals surface area contributed by atoms with Gasteiger partial charge in [0.2, 0.25) is 5.91 Å². The number of amides is 1. The zero-order valence-corrected chi connectivity index (χ0v) is 12.6. The Morgan fingerprint density at radius 2 is 1.76 bits per heavy atom. The van der Waals surface area contributed by atoms with Crippen molar-refractivity contribution in [1.29, 1.82) is 0 Å². The maximum atomic E-state index is 12.7. The fourth-order valence-corrected chi connectivity index (χ4v) is 1.94. The van der Waals surface area contributed by atoms with Gasteiger partial charge in [-0.05, 0) is 45.4 Å². The second-order valence-electron chi connectivity index (χ2n) is 5.40. The number of halogens is 3. The molecule has 0 saturated carbocycles. The van der Waals surface area contributed by atoms with Gasteiger partial charge in [-0.2, -0.15) is 13.2 Å². The Labute approximate surface area is 122 Å². The van der Waals surface area contributed by atoms with Crippen LogP contribution < -0.4 is 10.6 Å². The summed E-state index contributed by atoms with van der Waals surface area (Å²) in [5.74, 6) is -0.177. The summed E-state index contributed by atoms with van der Waals surface area (Å²) >= 11 is 0. The number of rotatable bonds is 5. The molecule has 0 aliphatic rings. The van der Waals surface area contributed by atoms with E-state index in [1.165, 1.54) is 6.07 Å². The average Bonchev–Trinajstić information content (AvgIpc) is 2.37. The van der Waals surface area contributed by atoms with E-state index in [1.807, 2.05) is 13.8 Å². The van der Waals surface area contributed by atoms with Gasteiger partial charge in [-0.15, -0.1) is 0 Å². The fraction of sp³-hybridized carbons (Fsp3) is 0.533. The van der Waals surface area contributed by atoms with Crippen LogP contribution in [0.4, 0.5) is 13.2 Å². The van der Waals surface area contributed by atoms with Gasteiger partial charge >= 0.3 is 6.18 Å². The van der Waals surface area contributed by atoms with Gasteiger partial charge in [0, 0.05) is 12.1 Å². The molecule has 0 bridgehead atoms. The highest BCUT2D eigenvalue weighted by Crippen LogP contribution is 2.30. The molecule has 2 atom stereocenters. The molecule has 0 spiro atoms. The van der Waals surface area contributed by atoms with E-state index < -0.39 is 17.8 Å². The number of alkyl halides is 3. The largest absolute Gasteiger partial charge is 0.416 e. The first-order valence-corrected chi connectivity index (χ1v) is 6.85. The first-order valence-electron chi connectivity index (χ1n) is 6.85. The quantitative estimate of drug-likeness (QED) is 0.876. The highest BCUT2D eigenvalue weighted by atomic mass is 19.4. The first-order chi connectivity index (χ1) is 9.61. The van der Waals surface area contributed by atoms with Crippen molar-refractivity contribution >= 4 is 5.91 Å². The number of benzene rings is 1. The minimum atomic E-state index is -4.36. The molecular weight excluding hydrogens is 281 g/mol. The normalized spacial score (nSPS) is 14.9. The van der Waals surface area contributed by atoms with E-state index in [1.54, 1.807) is 19.9 Å². The van der Waals surface area contributed by atoms with Crippen LogP contribution in [0.5, 0.6) is 0 Å². The molecule has 1 aromatic rings. The molecular formula is C15H21F3N2O. The van der Waals surface area contributed by atoms with Crippen molar-refractivity contribution in [2.45, 2.75) is 52.0 Å². The third-order valence-corrected chi connectivity index (χ3v) is 3.04. The maximum absolute atomic E-state index is 12.7. The molecule has 118 valence electrons. The van der Waals surface area contributed by atoms with Gasteiger partial charge in [0.25, 0.3) is 0 Å². The molecule has 0 aliphatic carbocycles. The Bertz CT molecular complexity index is 486. The molecule has 21 heavy (non-hydrogen) atoms. The predicted molar refractivity (Wildman–Crippen MR) is 75.7 cm³/mol. The number of hydrogen-bond donors (Lipinski definition) is 2. The molecule has 2 unspecified atom stereocenters. The Morgan fingerprint density at radius 1 is 1.14 bits per heavy atom. The van der Waals surface area contributed by atoms with Crippen LogP contribution >= 0.6 is 0 Å². The fourth-order valence-electron chi connectivity index (χ4n) is 1.94. The molecule has 6 heteroatoms. The zero-order valence-electron chi connectivity index (χ0n) is 12.6. The number of carbonyl (C=O) groups is 1. The Morgan fingerprint density at radius 3 is 2.29 bits per heavy atom. The van der Waals surface area contributed by atoms with E-state index in [-0.39, 0.29) is 18.0 Å². The zero-order chi connectivity index (χ0) is 16.2. The molecule has 0 aromatic heterocycles. The molecule has 1 rings (SSSR count). The monoisotopic (exact) mass is 302 g/mol. The molecule has 2 N–H and O–H groups in total. The molecule has 0 heterocycles. The van der Waals surface area contributed by atoms with Gasteiger partial charge in [0.1, 0.15) is 0 Å². The topological polar surface area (TPSA) is 41.1 Å². The summed E-state index contributed by atoms with van der Waals surface area (Å²) in [4.78, 5) is 11.8. The van der Waals surface area contributed by atoms with Gasteiger partial charge in [0.15, 0.2) is 0 Å². The van der Waals surface area contributed by atoms with Gasteiger partial charge in [-0.1, -0.05) is 12.1 Å². The molecule has 0 fully saturated rings. The third-order valence-electron chi connectivity index (χ3n) is 3.04. The average molecular weight is 302 g/mol. The first kappa shape index (κ1) is 17.5. The van der Waals surface area contributed by atoms with E-state index >= 15 is 0 Å². The highest BCUT2D eigenvalue weighted by molar-refractivity contribution is 5.81. The molecule has 0 aliphatic heterocycles. The molecule has 1 aromatic carbocycles. The lowest BCUT2D eigenvalue weighted by molar-refractivity contribution is -0.137. The van der Waals surface area contributed by atoms with E-state index in [9.17, 15) is 18.0 Å². The standard InChI is InChI=1S/C15H21F3N2O/c1-9(2)19-14(21)11(4)20-10(3)12-6-5-7-13(8-12)15(16,17)18/h5-11,20H,1-4H3,(H,19,21). The van der Waals surface area contributed by atoms with Crippen molar-refractivity contribution in [3.05, 3.63) is 35.4 Å². The van der Waals surface area contributed by atoms with Crippen molar-refractivity contribution in [1.82, 2.24) is 10.6 Å². The molecule has 0 radical (unpaired) electrons. The van der Waals surface area contributed by atoms with Crippen molar-refractivity contribution in [3.63, 3.8) is 0 Å². The molecule has 3 nitrogen and oxygen atoms in total. The van der Waals surface area contributed by atoms with E-state index in [2.05, 4.69) is 10.6 Å². The van der Waals surface area contributed by atoms with Crippen LogP contribution in [0.1, 0.15) is 44.9 Å². The minimum absolute atomic E-state index is 0.0191. The van der Waals surface area contributed by atoms with Crippen LogP contribution in [0, 0.1) is 0 Å². The lowest BCUT2D eigenvalue weighted by Crippen LogP contribution is -2.45. The minimum Gasteiger partial charge on any atom is -0.353 e. The lowest BCUT2D eigenvalue weighted by atomic mass is 10.0. The smallest absolute Gasteiger partial charge is 0.353 e.